The number of non-ortho nitro benzene ring substituents is 1. The lowest BCUT2D eigenvalue weighted by atomic mass is 10.1. The van der Waals surface area contributed by atoms with Crippen molar-refractivity contribution in [3.63, 3.8) is 0 Å². The minimum atomic E-state index is -4.12. The summed E-state index contributed by atoms with van der Waals surface area (Å²) in [6, 6.07) is 12.1. The minimum Gasteiger partial charge on any atom is -0.467 e. The number of benzene rings is 1. The molecule has 1 aromatic carbocycles. The summed E-state index contributed by atoms with van der Waals surface area (Å²) in [5.74, 6) is 0.621. The predicted octanol–water partition coefficient (Wildman–Crippen LogP) is 3.54. The summed E-state index contributed by atoms with van der Waals surface area (Å²) in [6.45, 7) is 1.70. The van der Waals surface area contributed by atoms with Crippen LogP contribution in [0.5, 0.6) is 0 Å². The van der Waals surface area contributed by atoms with Gasteiger partial charge in [-0.05, 0) is 36.2 Å². The number of nitrogens with zero attached hydrogens (tertiary/aromatic N) is 3. The highest BCUT2D eigenvalue weighted by molar-refractivity contribution is 7.92. The molecule has 3 rings (SSSR count). The van der Waals surface area contributed by atoms with Gasteiger partial charge >= 0.3 is 0 Å². The Morgan fingerprint density at radius 3 is 2.59 bits per heavy atom. The van der Waals surface area contributed by atoms with Gasteiger partial charge in [-0.25, -0.2) is 17.7 Å². The van der Waals surface area contributed by atoms with E-state index in [4.69, 9.17) is 4.42 Å². The van der Waals surface area contributed by atoms with E-state index in [-0.39, 0.29) is 22.9 Å². The molecule has 27 heavy (non-hydrogen) atoms. The lowest BCUT2D eigenvalue weighted by molar-refractivity contribution is -0.385. The summed E-state index contributed by atoms with van der Waals surface area (Å²) < 4.78 is 33.3. The number of nitro benzene ring substituents is 1. The summed E-state index contributed by atoms with van der Waals surface area (Å²) in [5.41, 5.74) is 0.200. The predicted molar refractivity (Wildman–Crippen MR) is 98.8 cm³/mol. The maximum Gasteiger partial charge on any atom is 0.270 e. The number of hydrogen-bond acceptors (Lipinski definition) is 6. The van der Waals surface area contributed by atoms with Crippen LogP contribution in [0.1, 0.15) is 18.2 Å². The number of anilines is 1. The third-order valence-electron chi connectivity index (χ3n) is 3.99. The van der Waals surface area contributed by atoms with Gasteiger partial charge in [0.2, 0.25) is 0 Å². The van der Waals surface area contributed by atoms with Crippen molar-refractivity contribution < 1.29 is 17.8 Å². The molecule has 0 aliphatic carbocycles. The first kappa shape index (κ1) is 18.6. The summed E-state index contributed by atoms with van der Waals surface area (Å²) in [7, 11) is -4.12. The van der Waals surface area contributed by atoms with E-state index in [1.54, 1.807) is 37.3 Å². The molecule has 0 radical (unpaired) electrons. The van der Waals surface area contributed by atoms with Crippen molar-refractivity contribution in [2.24, 2.45) is 0 Å². The van der Waals surface area contributed by atoms with Gasteiger partial charge in [-0.2, -0.15) is 0 Å². The number of aromatic nitrogens is 1. The lowest BCUT2D eigenvalue weighted by Crippen LogP contribution is -2.32. The molecule has 0 spiro atoms. The summed E-state index contributed by atoms with van der Waals surface area (Å²) in [4.78, 5) is 14.6. The molecular weight excluding hydrogens is 370 g/mol. The number of sulfonamides is 1. The van der Waals surface area contributed by atoms with Gasteiger partial charge in [0.15, 0.2) is 0 Å². The highest BCUT2D eigenvalue weighted by atomic mass is 32.2. The van der Waals surface area contributed by atoms with E-state index >= 15 is 0 Å². The number of pyridine rings is 1. The second-order valence-electron chi connectivity index (χ2n) is 5.68. The molecule has 0 atom stereocenters. The fraction of sp³-hybridized carbons (Fsp3) is 0.167. The number of hydrogen-bond donors (Lipinski definition) is 0. The maximum atomic E-state index is 13.4. The molecule has 140 valence electrons. The van der Waals surface area contributed by atoms with Crippen LogP contribution in [0.2, 0.25) is 0 Å². The molecule has 0 saturated carbocycles. The van der Waals surface area contributed by atoms with Gasteiger partial charge in [0, 0.05) is 18.3 Å². The first-order chi connectivity index (χ1) is 12.9. The Kier molecular flexibility index (Phi) is 5.22. The van der Waals surface area contributed by atoms with Crippen molar-refractivity contribution in [3.8, 4) is 0 Å². The SMILES string of the molecule is CCc1ccc([N+](=O)[O-])cc1S(=O)(=O)N(Cc1ccco1)c1ccccn1. The first-order valence-corrected chi connectivity index (χ1v) is 9.61. The quantitative estimate of drug-likeness (QED) is 0.453. The van der Waals surface area contributed by atoms with Crippen molar-refractivity contribution in [3.05, 3.63) is 82.4 Å². The molecule has 0 aliphatic rings. The lowest BCUT2D eigenvalue weighted by Gasteiger charge is -2.23. The van der Waals surface area contributed by atoms with E-state index in [2.05, 4.69) is 4.98 Å². The number of aryl methyl sites for hydroxylation is 1. The smallest absolute Gasteiger partial charge is 0.270 e. The monoisotopic (exact) mass is 387 g/mol. The zero-order valence-electron chi connectivity index (χ0n) is 14.5. The van der Waals surface area contributed by atoms with Crippen LogP contribution < -0.4 is 4.31 Å². The van der Waals surface area contributed by atoms with Crippen LogP contribution in [0.4, 0.5) is 11.5 Å². The molecule has 2 heterocycles. The molecule has 0 N–H and O–H groups in total. The molecule has 0 aliphatic heterocycles. The van der Waals surface area contributed by atoms with Gasteiger partial charge in [-0.3, -0.25) is 10.1 Å². The van der Waals surface area contributed by atoms with E-state index < -0.39 is 14.9 Å². The molecule has 8 nitrogen and oxygen atoms in total. The molecule has 0 saturated heterocycles. The molecule has 0 amide bonds. The van der Waals surface area contributed by atoms with E-state index in [1.807, 2.05) is 0 Å². The Bertz CT molecular complexity index is 1030. The van der Waals surface area contributed by atoms with Gasteiger partial charge in [-0.15, -0.1) is 0 Å². The van der Waals surface area contributed by atoms with Crippen molar-refractivity contribution in [1.29, 1.82) is 0 Å². The third-order valence-corrected chi connectivity index (χ3v) is 5.83. The fourth-order valence-corrected chi connectivity index (χ4v) is 4.34. The Hall–Kier alpha value is -3.20. The average Bonchev–Trinajstić information content (AvgIpc) is 3.19. The number of nitro groups is 1. The van der Waals surface area contributed by atoms with Crippen LogP contribution in [0.25, 0.3) is 0 Å². The normalized spacial score (nSPS) is 11.3. The molecule has 3 aromatic rings. The Morgan fingerprint density at radius 1 is 1.19 bits per heavy atom. The van der Waals surface area contributed by atoms with Crippen LogP contribution >= 0.6 is 0 Å². The topological polar surface area (TPSA) is 107 Å². The van der Waals surface area contributed by atoms with Gasteiger partial charge in [0.1, 0.15) is 11.6 Å². The molecule has 9 heteroatoms. The molecule has 0 fully saturated rings. The molecular formula is C18H17N3O5S. The minimum absolute atomic E-state index is 0.0851. The van der Waals surface area contributed by atoms with E-state index in [9.17, 15) is 18.5 Å². The highest BCUT2D eigenvalue weighted by Gasteiger charge is 2.30. The number of rotatable bonds is 7. The summed E-state index contributed by atoms with van der Waals surface area (Å²) >= 11 is 0. The van der Waals surface area contributed by atoms with Crippen LogP contribution in [0.15, 0.2) is 70.3 Å². The molecule has 0 bridgehead atoms. The van der Waals surface area contributed by atoms with Crippen LogP contribution in [-0.4, -0.2) is 18.3 Å². The van der Waals surface area contributed by atoms with Gasteiger partial charge < -0.3 is 4.42 Å². The van der Waals surface area contributed by atoms with Crippen LogP contribution in [-0.2, 0) is 23.0 Å². The zero-order chi connectivity index (χ0) is 19.4. The second kappa shape index (κ2) is 7.58. The van der Waals surface area contributed by atoms with Gasteiger partial charge in [0.25, 0.3) is 15.7 Å². The molecule has 0 unspecified atom stereocenters. The third kappa shape index (κ3) is 3.82. The van der Waals surface area contributed by atoms with Crippen LogP contribution in [0.3, 0.4) is 0 Å². The summed E-state index contributed by atoms with van der Waals surface area (Å²) in [5, 5.41) is 11.1. The highest BCUT2D eigenvalue weighted by Crippen LogP contribution is 2.29. The van der Waals surface area contributed by atoms with Crippen molar-refractivity contribution in [1.82, 2.24) is 4.98 Å². The summed E-state index contributed by atoms with van der Waals surface area (Å²) in [6.07, 6.45) is 3.33. The first-order valence-electron chi connectivity index (χ1n) is 8.17. The zero-order valence-corrected chi connectivity index (χ0v) is 15.3. The molecule has 2 aromatic heterocycles. The largest absolute Gasteiger partial charge is 0.467 e. The van der Waals surface area contributed by atoms with Gasteiger partial charge in [0.05, 0.1) is 22.6 Å². The van der Waals surface area contributed by atoms with E-state index in [1.165, 1.54) is 24.6 Å². The maximum absolute atomic E-state index is 13.4. The van der Waals surface area contributed by atoms with Crippen molar-refractivity contribution in [2.45, 2.75) is 24.8 Å². The Morgan fingerprint density at radius 2 is 2.00 bits per heavy atom. The van der Waals surface area contributed by atoms with Gasteiger partial charge in [-0.1, -0.05) is 19.1 Å². The second-order valence-corrected chi connectivity index (χ2v) is 7.51. The van der Waals surface area contributed by atoms with Crippen molar-refractivity contribution >= 4 is 21.5 Å². The van der Waals surface area contributed by atoms with E-state index in [0.29, 0.717) is 17.7 Å². The fourth-order valence-electron chi connectivity index (χ4n) is 2.64. The van der Waals surface area contributed by atoms with E-state index in [0.717, 1.165) is 10.4 Å². The van der Waals surface area contributed by atoms with Crippen LogP contribution in [0, 0.1) is 10.1 Å². The Labute approximate surface area is 156 Å². The average molecular weight is 387 g/mol. The number of furan rings is 1. The standard InChI is InChI=1S/C18H17N3O5S/c1-2-14-8-9-15(21(22)23)12-17(14)27(24,25)20(13-16-6-5-11-26-16)18-7-3-4-10-19-18/h3-12H,2,13H2,1H3. The Balaban J connectivity index is 2.16. The van der Waals surface area contributed by atoms with Crippen molar-refractivity contribution in [2.75, 3.05) is 4.31 Å².